The van der Waals surface area contributed by atoms with E-state index in [4.69, 9.17) is 4.74 Å². The minimum Gasteiger partial charge on any atom is -0.492 e. The fraction of sp³-hybridized carbons (Fsp3) is 0.407. The van der Waals surface area contributed by atoms with E-state index in [0.29, 0.717) is 36.8 Å². The number of rotatable bonds is 12. The summed E-state index contributed by atoms with van der Waals surface area (Å²) in [7, 11) is 1.71. The average molecular weight is 511 g/mol. The second kappa shape index (κ2) is 12.8. The molecule has 37 heavy (non-hydrogen) atoms. The molecule has 0 unspecified atom stereocenters. The van der Waals surface area contributed by atoms with Crippen molar-refractivity contribution in [3.8, 4) is 5.75 Å². The number of aromatic nitrogens is 3. The van der Waals surface area contributed by atoms with Crippen molar-refractivity contribution in [1.29, 1.82) is 0 Å². The van der Waals surface area contributed by atoms with Crippen LogP contribution in [-0.4, -0.2) is 58.2 Å². The fourth-order valence-corrected chi connectivity index (χ4v) is 3.64. The Kier molecular flexibility index (Phi) is 9.59. The highest BCUT2D eigenvalue weighted by molar-refractivity contribution is 5.92. The van der Waals surface area contributed by atoms with Crippen molar-refractivity contribution in [2.45, 2.75) is 34.2 Å². The number of amides is 2. The van der Waals surface area contributed by atoms with Gasteiger partial charge in [0, 0.05) is 19.8 Å². The van der Waals surface area contributed by atoms with Crippen molar-refractivity contribution in [1.82, 2.24) is 19.7 Å². The maximum Gasteiger partial charge on any atom is 0.244 e. The van der Waals surface area contributed by atoms with E-state index in [1.807, 2.05) is 45.0 Å². The molecule has 1 aromatic carbocycles. The highest BCUT2D eigenvalue weighted by Crippen LogP contribution is 2.18. The van der Waals surface area contributed by atoms with E-state index in [0.717, 1.165) is 11.3 Å². The van der Waals surface area contributed by atoms with Crippen molar-refractivity contribution in [2.24, 2.45) is 11.8 Å². The van der Waals surface area contributed by atoms with Crippen LogP contribution in [0.15, 0.2) is 48.8 Å². The molecule has 3 rings (SSSR count). The number of halogens is 1. The minimum absolute atomic E-state index is 0.0446. The van der Waals surface area contributed by atoms with Crippen LogP contribution in [0.1, 0.15) is 25.1 Å². The molecule has 10 heteroatoms. The Bertz CT molecular complexity index is 1200. The normalized spacial score (nSPS) is 11.8. The molecule has 0 aliphatic heterocycles. The third-order valence-electron chi connectivity index (χ3n) is 6.05. The summed E-state index contributed by atoms with van der Waals surface area (Å²) < 4.78 is 20.4. The number of likely N-dealkylation sites (N-methyl/N-ethyl adjacent to an activating group) is 1. The third kappa shape index (κ3) is 8.30. The first-order valence-corrected chi connectivity index (χ1v) is 12.3. The van der Waals surface area contributed by atoms with Crippen molar-refractivity contribution in [3.63, 3.8) is 0 Å². The topological polar surface area (TPSA) is 101 Å². The van der Waals surface area contributed by atoms with Gasteiger partial charge in [0.25, 0.3) is 0 Å². The summed E-state index contributed by atoms with van der Waals surface area (Å²) in [5, 5.41) is 10.3. The lowest BCUT2D eigenvalue weighted by Crippen LogP contribution is -2.33. The smallest absolute Gasteiger partial charge is 0.244 e. The first kappa shape index (κ1) is 27.6. The van der Waals surface area contributed by atoms with Crippen LogP contribution in [0.5, 0.6) is 5.75 Å². The number of nitrogens with zero attached hydrogens (tertiary/aromatic N) is 4. The number of anilines is 2. The van der Waals surface area contributed by atoms with Gasteiger partial charge in [-0.2, -0.15) is 9.49 Å². The maximum absolute atomic E-state index is 13.3. The molecule has 2 amide bonds. The second-order valence-corrected chi connectivity index (χ2v) is 9.39. The van der Waals surface area contributed by atoms with Gasteiger partial charge in [-0.25, -0.2) is 4.98 Å². The largest absolute Gasteiger partial charge is 0.492 e. The van der Waals surface area contributed by atoms with E-state index in [2.05, 4.69) is 20.7 Å². The van der Waals surface area contributed by atoms with Crippen LogP contribution in [0.3, 0.4) is 0 Å². The molecular weight excluding hydrogens is 475 g/mol. The summed E-state index contributed by atoms with van der Waals surface area (Å²) in [5.74, 6) is -0.382. The number of ether oxygens (including phenoxy) is 1. The predicted molar refractivity (Wildman–Crippen MR) is 141 cm³/mol. The van der Waals surface area contributed by atoms with Gasteiger partial charge in [0.15, 0.2) is 0 Å². The van der Waals surface area contributed by atoms with Gasteiger partial charge in [-0.15, -0.1) is 0 Å². The Balaban J connectivity index is 1.48. The van der Waals surface area contributed by atoms with Gasteiger partial charge in [0.1, 0.15) is 18.9 Å². The van der Waals surface area contributed by atoms with Crippen LogP contribution in [0.2, 0.25) is 0 Å². The summed E-state index contributed by atoms with van der Waals surface area (Å²) in [5.41, 5.74) is 2.87. The molecule has 0 aliphatic carbocycles. The number of benzene rings is 1. The van der Waals surface area contributed by atoms with E-state index in [1.165, 1.54) is 16.9 Å². The number of hydrogen-bond donors (Lipinski definition) is 2. The molecule has 2 heterocycles. The third-order valence-corrected chi connectivity index (χ3v) is 6.05. The maximum atomic E-state index is 13.3. The quantitative estimate of drug-likeness (QED) is 0.359. The van der Waals surface area contributed by atoms with Crippen LogP contribution in [0, 0.1) is 31.6 Å². The Morgan fingerprint density at radius 3 is 2.54 bits per heavy atom. The van der Waals surface area contributed by atoms with Crippen LogP contribution >= 0.6 is 0 Å². The average Bonchev–Trinajstić information content (AvgIpc) is 3.27. The zero-order valence-corrected chi connectivity index (χ0v) is 22.0. The second-order valence-electron chi connectivity index (χ2n) is 9.39. The van der Waals surface area contributed by atoms with Crippen LogP contribution in [-0.2, 0) is 16.1 Å². The van der Waals surface area contributed by atoms with Crippen molar-refractivity contribution in [3.05, 3.63) is 66.0 Å². The van der Waals surface area contributed by atoms with Gasteiger partial charge >= 0.3 is 0 Å². The minimum atomic E-state index is -0.543. The van der Waals surface area contributed by atoms with Gasteiger partial charge in [0.2, 0.25) is 17.8 Å². The molecule has 2 aromatic heterocycles. The van der Waals surface area contributed by atoms with E-state index in [9.17, 15) is 14.0 Å². The van der Waals surface area contributed by atoms with Crippen molar-refractivity contribution in [2.75, 3.05) is 37.4 Å². The molecule has 0 bridgehead atoms. The van der Waals surface area contributed by atoms with Gasteiger partial charge in [-0.05, 0) is 44.0 Å². The molecule has 0 aliphatic rings. The van der Waals surface area contributed by atoms with Crippen LogP contribution in [0.25, 0.3) is 0 Å². The molecular formula is C27H35FN6O3. The van der Waals surface area contributed by atoms with Gasteiger partial charge < -0.3 is 20.3 Å². The summed E-state index contributed by atoms with van der Waals surface area (Å²) in [6, 6.07) is 10.6. The van der Waals surface area contributed by atoms with Crippen LogP contribution < -0.4 is 15.4 Å². The number of pyridine rings is 1. The number of nitrogens with one attached hydrogen (secondary N) is 2. The monoisotopic (exact) mass is 510 g/mol. The van der Waals surface area contributed by atoms with Gasteiger partial charge in [-0.1, -0.05) is 31.5 Å². The van der Waals surface area contributed by atoms with Crippen molar-refractivity contribution < 1.29 is 18.7 Å². The summed E-state index contributed by atoms with van der Waals surface area (Å²) in [4.78, 5) is 30.9. The molecule has 198 valence electrons. The summed E-state index contributed by atoms with van der Waals surface area (Å²) >= 11 is 0. The zero-order valence-electron chi connectivity index (χ0n) is 22.0. The summed E-state index contributed by atoms with van der Waals surface area (Å²) in [6.07, 6.45) is 3.15. The Morgan fingerprint density at radius 1 is 1.14 bits per heavy atom. The Hall–Kier alpha value is -3.95. The first-order chi connectivity index (χ1) is 17.6. The number of carbonyl (C=O) groups is 2. The number of carbonyl (C=O) groups excluding carboxylic acids is 2. The van der Waals surface area contributed by atoms with E-state index in [-0.39, 0.29) is 30.2 Å². The lowest BCUT2D eigenvalue weighted by atomic mass is 9.94. The Labute approximate surface area is 217 Å². The lowest BCUT2D eigenvalue weighted by molar-refractivity contribution is -0.131. The highest BCUT2D eigenvalue weighted by atomic mass is 19.1. The molecule has 3 aromatic rings. The van der Waals surface area contributed by atoms with E-state index >= 15 is 0 Å². The highest BCUT2D eigenvalue weighted by Gasteiger charge is 2.23. The van der Waals surface area contributed by atoms with Gasteiger partial charge in [-0.3, -0.25) is 14.3 Å². The SMILES string of the molecule is Cc1ccc(OCCN(C)C(=O)Cn2cc(NC(=O)[C@H](CNc3ccc(F)nc3C)C(C)C)cn2)cc1. The molecule has 1 atom stereocenters. The van der Waals surface area contributed by atoms with E-state index < -0.39 is 5.95 Å². The predicted octanol–water partition coefficient (Wildman–Crippen LogP) is 3.89. The number of aryl methyl sites for hydroxylation is 2. The number of hydrogen-bond acceptors (Lipinski definition) is 6. The molecule has 0 radical (unpaired) electrons. The standard InChI is InChI=1S/C27H35FN6O3/c1-18(2)23(15-29-24-10-11-25(28)31-20(24)4)27(36)32-21-14-30-34(16-21)17-26(35)33(5)12-13-37-22-8-6-19(3)7-9-22/h6-11,14,16,18,23,29H,12-13,15,17H2,1-5H3,(H,32,36)/t23-/m1/s1. The van der Waals surface area contributed by atoms with Crippen LogP contribution in [0.4, 0.5) is 15.8 Å². The molecule has 9 nitrogen and oxygen atoms in total. The van der Waals surface area contributed by atoms with Crippen molar-refractivity contribution >= 4 is 23.2 Å². The molecule has 0 spiro atoms. The van der Waals surface area contributed by atoms with E-state index in [1.54, 1.807) is 31.1 Å². The molecule has 0 fully saturated rings. The Morgan fingerprint density at radius 2 is 1.86 bits per heavy atom. The molecule has 0 saturated carbocycles. The zero-order chi connectivity index (χ0) is 26.9. The first-order valence-electron chi connectivity index (χ1n) is 12.3. The fourth-order valence-electron chi connectivity index (χ4n) is 3.64. The lowest BCUT2D eigenvalue weighted by Gasteiger charge is -2.21. The molecule has 0 saturated heterocycles. The molecule has 2 N–H and O–H groups in total. The summed E-state index contributed by atoms with van der Waals surface area (Å²) in [6.45, 7) is 8.86. The van der Waals surface area contributed by atoms with Gasteiger partial charge in [0.05, 0.1) is 35.7 Å².